The number of aromatic nitrogens is 3. The third kappa shape index (κ3) is 4.41. The monoisotopic (exact) mass is 472 g/mol. The summed E-state index contributed by atoms with van der Waals surface area (Å²) in [6.45, 7) is 5.50. The van der Waals surface area contributed by atoms with Gasteiger partial charge in [-0.15, -0.1) is 0 Å². The van der Waals surface area contributed by atoms with Crippen LogP contribution in [0.5, 0.6) is 11.8 Å². The Kier molecular flexibility index (Phi) is 5.71. The lowest BCUT2D eigenvalue weighted by Gasteiger charge is -2.33. The summed E-state index contributed by atoms with van der Waals surface area (Å²) in [5, 5.41) is 3.76. The minimum absolute atomic E-state index is 0.0733. The maximum atomic E-state index is 15.1. The Morgan fingerprint density at radius 1 is 1.19 bits per heavy atom. The van der Waals surface area contributed by atoms with Crippen molar-refractivity contribution < 1.29 is 9.13 Å². The molecule has 0 spiro atoms. The van der Waals surface area contributed by atoms with Gasteiger partial charge in [0.25, 0.3) is 0 Å². The number of hydrogen-bond acceptors (Lipinski definition) is 8. The van der Waals surface area contributed by atoms with E-state index >= 15 is 4.39 Å². The number of nitrogens with one attached hydrogen (secondary N) is 1. The van der Waals surface area contributed by atoms with Crippen LogP contribution in [0.2, 0.25) is 4.34 Å². The van der Waals surface area contributed by atoms with Crippen LogP contribution in [0.1, 0.15) is 18.1 Å². The topological polar surface area (TPSA) is 66.4 Å². The lowest BCUT2D eigenvalue weighted by atomic mass is 10.1. The largest absolute Gasteiger partial charge is 0.421 e. The zero-order valence-electron chi connectivity index (χ0n) is 17.7. The van der Waals surface area contributed by atoms with E-state index in [1.165, 1.54) is 11.3 Å². The number of rotatable bonds is 5. The van der Waals surface area contributed by atoms with E-state index in [0.29, 0.717) is 26.7 Å². The minimum Gasteiger partial charge on any atom is -0.421 e. The van der Waals surface area contributed by atoms with Crippen LogP contribution in [0.25, 0.3) is 6.08 Å². The molecule has 1 N–H and O–H groups in total. The molecule has 1 aromatic carbocycles. The Hall–Kier alpha value is -2.75. The molecule has 2 aromatic heterocycles. The standard InChI is InChI=1S/C22H22ClFN6OS/c1-13-9-14-3-4-16(20(24)15(14)10-13)31-21-26-18(27-22-25-12-17(23)32-22)11-19(28-21)30-7-5-29(2)6-8-30/h3-4,10-12H,5-9H2,1-2H3,(H,25,26,27,28). The van der Waals surface area contributed by atoms with Gasteiger partial charge in [-0.25, -0.2) is 9.37 Å². The SMILES string of the molecule is CC1=Cc2c(ccc(Oc3nc(Nc4ncc(Cl)s4)cc(N4CCN(C)CC4)n3)c2F)C1. The number of benzene rings is 1. The molecular weight excluding hydrogens is 451 g/mol. The van der Waals surface area contributed by atoms with E-state index in [4.69, 9.17) is 16.3 Å². The van der Waals surface area contributed by atoms with E-state index in [2.05, 4.69) is 37.1 Å². The summed E-state index contributed by atoms with van der Waals surface area (Å²) in [5.41, 5.74) is 2.66. The van der Waals surface area contributed by atoms with Crippen molar-refractivity contribution >= 4 is 45.8 Å². The van der Waals surface area contributed by atoms with Crippen LogP contribution in [0, 0.1) is 5.82 Å². The molecule has 7 nitrogen and oxygen atoms in total. The number of anilines is 3. The van der Waals surface area contributed by atoms with Gasteiger partial charge in [0.2, 0.25) is 0 Å². The molecule has 0 unspecified atom stereocenters. The molecule has 1 aliphatic carbocycles. The van der Waals surface area contributed by atoms with Crippen LogP contribution < -0.4 is 15.0 Å². The third-order valence-electron chi connectivity index (χ3n) is 5.53. The van der Waals surface area contributed by atoms with Gasteiger partial charge in [-0.05, 0) is 32.0 Å². The fourth-order valence-electron chi connectivity index (χ4n) is 3.84. The van der Waals surface area contributed by atoms with Gasteiger partial charge in [0.15, 0.2) is 16.7 Å². The van der Waals surface area contributed by atoms with Gasteiger partial charge in [-0.2, -0.15) is 9.97 Å². The Labute approximate surface area is 194 Å². The zero-order valence-corrected chi connectivity index (χ0v) is 19.3. The molecule has 1 saturated heterocycles. The van der Waals surface area contributed by atoms with E-state index < -0.39 is 5.82 Å². The number of halogens is 2. The van der Waals surface area contributed by atoms with Crippen molar-refractivity contribution in [2.45, 2.75) is 13.3 Å². The fourth-order valence-corrected chi connectivity index (χ4v) is 4.66. The van der Waals surface area contributed by atoms with Crippen molar-refractivity contribution in [2.75, 3.05) is 43.4 Å². The molecule has 0 bridgehead atoms. The Morgan fingerprint density at radius 2 is 2.00 bits per heavy atom. The Morgan fingerprint density at radius 3 is 2.75 bits per heavy atom. The van der Waals surface area contributed by atoms with E-state index in [0.717, 1.165) is 43.7 Å². The number of thiazole rings is 1. The molecular formula is C22H22ClFN6OS. The summed E-state index contributed by atoms with van der Waals surface area (Å²) < 4.78 is 21.5. The molecule has 0 radical (unpaired) electrons. The van der Waals surface area contributed by atoms with Gasteiger partial charge in [0, 0.05) is 37.8 Å². The molecule has 1 aliphatic heterocycles. The van der Waals surface area contributed by atoms with Crippen molar-refractivity contribution in [3.8, 4) is 11.8 Å². The van der Waals surface area contributed by atoms with E-state index in [1.807, 2.05) is 25.1 Å². The number of likely N-dealkylation sites (N-methyl/N-ethyl adjacent to an activating group) is 1. The zero-order chi connectivity index (χ0) is 22.2. The summed E-state index contributed by atoms with van der Waals surface area (Å²) >= 11 is 7.31. The molecule has 0 saturated carbocycles. The second-order valence-electron chi connectivity index (χ2n) is 8.00. The predicted molar refractivity (Wildman–Crippen MR) is 126 cm³/mol. The van der Waals surface area contributed by atoms with Crippen LogP contribution in [-0.2, 0) is 6.42 Å². The van der Waals surface area contributed by atoms with Crippen LogP contribution in [0.4, 0.5) is 21.2 Å². The second-order valence-corrected chi connectivity index (χ2v) is 9.66. The second kappa shape index (κ2) is 8.65. The van der Waals surface area contributed by atoms with Gasteiger partial charge in [0.05, 0.1) is 6.20 Å². The molecule has 0 atom stereocenters. The molecule has 166 valence electrons. The van der Waals surface area contributed by atoms with Gasteiger partial charge < -0.3 is 19.9 Å². The van der Waals surface area contributed by atoms with Crippen LogP contribution in [-0.4, -0.2) is 53.1 Å². The fraction of sp³-hybridized carbons (Fsp3) is 0.318. The van der Waals surface area contributed by atoms with Crippen LogP contribution >= 0.6 is 22.9 Å². The first-order valence-corrected chi connectivity index (χ1v) is 11.5. The summed E-state index contributed by atoms with van der Waals surface area (Å²) in [6.07, 6.45) is 4.19. The molecule has 5 rings (SSSR count). The minimum atomic E-state index is -0.394. The number of hydrogen-bond donors (Lipinski definition) is 1. The number of fused-ring (bicyclic) bond motifs is 1. The molecule has 32 heavy (non-hydrogen) atoms. The number of ether oxygens (including phenoxy) is 1. The lowest BCUT2D eigenvalue weighted by molar-refractivity contribution is 0.311. The summed E-state index contributed by atoms with van der Waals surface area (Å²) in [6, 6.07) is 5.45. The first-order chi connectivity index (χ1) is 15.4. The quantitative estimate of drug-likeness (QED) is 0.562. The highest BCUT2D eigenvalue weighted by Crippen LogP contribution is 2.35. The van der Waals surface area contributed by atoms with Crippen molar-refractivity contribution in [1.29, 1.82) is 0 Å². The Bertz CT molecular complexity index is 1190. The summed E-state index contributed by atoms with van der Waals surface area (Å²) in [5.74, 6) is 0.931. The van der Waals surface area contributed by atoms with Crippen LogP contribution in [0.15, 0.2) is 30.0 Å². The first-order valence-electron chi connectivity index (χ1n) is 10.3. The molecule has 10 heteroatoms. The lowest BCUT2D eigenvalue weighted by Crippen LogP contribution is -2.44. The van der Waals surface area contributed by atoms with Gasteiger partial charge in [-0.1, -0.05) is 40.7 Å². The average molecular weight is 473 g/mol. The molecule has 2 aliphatic rings. The molecule has 0 amide bonds. The van der Waals surface area contributed by atoms with Gasteiger partial charge >= 0.3 is 6.01 Å². The average Bonchev–Trinajstić information content (AvgIpc) is 3.35. The summed E-state index contributed by atoms with van der Waals surface area (Å²) in [7, 11) is 2.10. The Balaban J connectivity index is 1.47. The normalized spacial score (nSPS) is 16.1. The highest BCUT2D eigenvalue weighted by molar-refractivity contribution is 7.19. The maximum Gasteiger partial charge on any atom is 0.326 e. The number of nitrogens with zero attached hydrogens (tertiary/aromatic N) is 5. The van der Waals surface area contributed by atoms with E-state index in [-0.39, 0.29) is 11.8 Å². The maximum absolute atomic E-state index is 15.1. The highest BCUT2D eigenvalue weighted by atomic mass is 35.5. The van der Waals surface area contributed by atoms with Gasteiger partial charge in [0.1, 0.15) is 16.0 Å². The van der Waals surface area contributed by atoms with Crippen LogP contribution in [0.3, 0.4) is 0 Å². The molecule has 1 fully saturated rings. The van der Waals surface area contributed by atoms with Gasteiger partial charge in [-0.3, -0.25) is 0 Å². The summed E-state index contributed by atoms with van der Waals surface area (Å²) in [4.78, 5) is 17.7. The number of piperazine rings is 1. The highest BCUT2D eigenvalue weighted by Gasteiger charge is 2.21. The third-order valence-corrected chi connectivity index (χ3v) is 6.56. The first kappa shape index (κ1) is 21.1. The van der Waals surface area contributed by atoms with Crippen molar-refractivity contribution in [2.24, 2.45) is 0 Å². The predicted octanol–water partition coefficient (Wildman–Crippen LogP) is 4.97. The van der Waals surface area contributed by atoms with E-state index in [9.17, 15) is 0 Å². The van der Waals surface area contributed by atoms with Crippen molar-refractivity contribution in [3.05, 3.63) is 51.2 Å². The van der Waals surface area contributed by atoms with Crippen molar-refractivity contribution in [1.82, 2.24) is 19.9 Å². The van der Waals surface area contributed by atoms with Crippen molar-refractivity contribution in [3.63, 3.8) is 0 Å². The smallest absolute Gasteiger partial charge is 0.326 e. The van der Waals surface area contributed by atoms with E-state index in [1.54, 1.807) is 12.3 Å². The number of allylic oxidation sites excluding steroid dienone is 1. The molecule has 3 heterocycles. The molecule has 3 aromatic rings.